The normalized spacial score (nSPS) is 10.5. The first kappa shape index (κ1) is 19.2. The molecule has 0 unspecified atom stereocenters. The number of aromatic nitrogens is 2. The molecule has 142 valence electrons. The van der Waals surface area contributed by atoms with Gasteiger partial charge in [0.25, 0.3) is 11.8 Å². The van der Waals surface area contributed by atoms with Crippen molar-refractivity contribution in [2.24, 2.45) is 5.73 Å². The van der Waals surface area contributed by atoms with E-state index >= 15 is 0 Å². The highest BCUT2D eigenvalue weighted by atomic mass is 79.9. The van der Waals surface area contributed by atoms with E-state index in [0.717, 1.165) is 5.56 Å². The molecule has 10 heteroatoms. The molecule has 0 saturated heterocycles. The standard InChI is InChI=1S/C18H14BrN5O4/c19-14-10-23(22-17(14)24(27)28)9-11-4-3-5-12(8-11)18(26)21-15-7-2-1-6-13(15)16(20)25/h1-8,10H,9H2,(H2,20,25)(H,21,26). The van der Waals surface area contributed by atoms with Gasteiger partial charge in [-0.05, 0) is 50.7 Å². The van der Waals surface area contributed by atoms with Gasteiger partial charge in [-0.3, -0.25) is 9.59 Å². The summed E-state index contributed by atoms with van der Waals surface area (Å²) in [6.45, 7) is 0.242. The monoisotopic (exact) mass is 443 g/mol. The quantitative estimate of drug-likeness (QED) is 0.446. The van der Waals surface area contributed by atoms with Crippen molar-refractivity contribution in [3.63, 3.8) is 0 Å². The van der Waals surface area contributed by atoms with E-state index in [-0.39, 0.29) is 22.4 Å². The third-order valence-electron chi connectivity index (χ3n) is 3.85. The Balaban J connectivity index is 1.80. The molecule has 3 rings (SSSR count). The number of carbonyl (C=O) groups is 2. The number of nitro groups is 1. The van der Waals surface area contributed by atoms with Crippen LogP contribution in [0.2, 0.25) is 0 Å². The molecule has 3 aromatic rings. The van der Waals surface area contributed by atoms with E-state index in [1.165, 1.54) is 16.9 Å². The molecule has 9 nitrogen and oxygen atoms in total. The zero-order valence-electron chi connectivity index (χ0n) is 14.3. The summed E-state index contributed by atoms with van der Waals surface area (Å²) >= 11 is 3.10. The first-order chi connectivity index (χ1) is 13.3. The van der Waals surface area contributed by atoms with Gasteiger partial charge in [0.05, 0.1) is 29.1 Å². The fraction of sp³-hybridized carbons (Fsp3) is 0.0556. The molecule has 0 bridgehead atoms. The van der Waals surface area contributed by atoms with Crippen LogP contribution < -0.4 is 11.1 Å². The van der Waals surface area contributed by atoms with Crippen molar-refractivity contribution >= 4 is 39.2 Å². The van der Waals surface area contributed by atoms with Crippen molar-refractivity contribution in [3.05, 3.63) is 86.0 Å². The molecule has 2 aromatic carbocycles. The maximum atomic E-state index is 12.6. The molecule has 0 atom stereocenters. The molecule has 2 amide bonds. The second-order valence-electron chi connectivity index (χ2n) is 5.82. The molecule has 0 aliphatic carbocycles. The second kappa shape index (κ2) is 8.01. The molecular formula is C18H14BrN5O4. The van der Waals surface area contributed by atoms with Crippen LogP contribution in [0.1, 0.15) is 26.3 Å². The van der Waals surface area contributed by atoms with Crippen molar-refractivity contribution < 1.29 is 14.5 Å². The highest BCUT2D eigenvalue weighted by molar-refractivity contribution is 9.10. The van der Waals surface area contributed by atoms with Crippen molar-refractivity contribution in [1.82, 2.24) is 9.78 Å². The zero-order chi connectivity index (χ0) is 20.3. The van der Waals surface area contributed by atoms with Crippen LogP contribution in [0.15, 0.2) is 59.2 Å². The van der Waals surface area contributed by atoms with E-state index in [0.29, 0.717) is 11.3 Å². The van der Waals surface area contributed by atoms with Crippen molar-refractivity contribution in [2.75, 3.05) is 5.32 Å². The Hall–Kier alpha value is -3.53. The largest absolute Gasteiger partial charge is 0.404 e. The summed E-state index contributed by atoms with van der Waals surface area (Å²) in [5.74, 6) is -1.34. The van der Waals surface area contributed by atoms with E-state index < -0.39 is 16.7 Å². The SMILES string of the molecule is NC(=O)c1ccccc1NC(=O)c1cccc(Cn2cc(Br)c([N+](=O)[O-])n2)c1. The number of anilines is 1. The number of para-hydroxylation sites is 1. The Bertz CT molecular complexity index is 1080. The van der Waals surface area contributed by atoms with Crippen LogP contribution in [0.4, 0.5) is 11.5 Å². The van der Waals surface area contributed by atoms with Crippen molar-refractivity contribution in [2.45, 2.75) is 6.54 Å². The molecule has 0 radical (unpaired) electrons. The minimum Gasteiger partial charge on any atom is -0.366 e. The van der Waals surface area contributed by atoms with Crippen LogP contribution in [0.5, 0.6) is 0 Å². The number of rotatable bonds is 6. The fourth-order valence-electron chi connectivity index (χ4n) is 2.59. The summed E-state index contributed by atoms with van der Waals surface area (Å²) in [5, 5.41) is 17.5. The molecule has 0 spiro atoms. The Labute approximate surface area is 167 Å². The molecule has 0 fully saturated rings. The molecule has 0 aliphatic heterocycles. The molecule has 0 aliphatic rings. The van der Waals surface area contributed by atoms with Crippen LogP contribution in [0, 0.1) is 10.1 Å². The molecule has 3 N–H and O–H groups in total. The minimum absolute atomic E-state index is 0.209. The summed E-state index contributed by atoms with van der Waals surface area (Å²) in [6.07, 6.45) is 1.49. The second-order valence-corrected chi connectivity index (χ2v) is 6.67. The first-order valence-electron chi connectivity index (χ1n) is 8.01. The maximum Gasteiger partial charge on any atom is 0.404 e. The van der Waals surface area contributed by atoms with Gasteiger partial charge >= 0.3 is 5.82 Å². The van der Waals surface area contributed by atoms with Gasteiger partial charge < -0.3 is 21.2 Å². The van der Waals surface area contributed by atoms with Gasteiger partial charge in [0.15, 0.2) is 0 Å². The summed E-state index contributed by atoms with van der Waals surface area (Å²) in [4.78, 5) is 34.4. The number of primary amides is 1. The fourth-order valence-corrected chi connectivity index (χ4v) is 3.05. The lowest BCUT2D eigenvalue weighted by atomic mass is 10.1. The Morgan fingerprint density at radius 2 is 1.96 bits per heavy atom. The average molecular weight is 444 g/mol. The van der Waals surface area contributed by atoms with Crippen LogP contribution in [0.25, 0.3) is 0 Å². The predicted molar refractivity (Wildman–Crippen MR) is 105 cm³/mol. The van der Waals surface area contributed by atoms with E-state index in [1.54, 1.807) is 42.5 Å². The Morgan fingerprint density at radius 3 is 2.64 bits per heavy atom. The summed E-state index contributed by atoms with van der Waals surface area (Å²) in [7, 11) is 0. The zero-order valence-corrected chi connectivity index (χ0v) is 15.9. The average Bonchev–Trinajstić information content (AvgIpc) is 3.02. The van der Waals surface area contributed by atoms with Gasteiger partial charge in [-0.1, -0.05) is 24.3 Å². The number of hydrogen-bond acceptors (Lipinski definition) is 5. The lowest BCUT2D eigenvalue weighted by Gasteiger charge is -2.09. The molecular weight excluding hydrogens is 430 g/mol. The van der Waals surface area contributed by atoms with Crippen LogP contribution in [0.3, 0.4) is 0 Å². The molecule has 0 saturated carbocycles. The first-order valence-corrected chi connectivity index (χ1v) is 8.81. The number of nitrogens with two attached hydrogens (primary N) is 1. The lowest BCUT2D eigenvalue weighted by Crippen LogP contribution is -2.18. The van der Waals surface area contributed by atoms with E-state index in [1.807, 2.05) is 0 Å². The summed E-state index contributed by atoms with van der Waals surface area (Å²) < 4.78 is 1.68. The van der Waals surface area contributed by atoms with E-state index in [4.69, 9.17) is 5.73 Å². The number of benzene rings is 2. The summed E-state index contributed by atoms with van der Waals surface area (Å²) in [5.41, 5.74) is 6.93. The van der Waals surface area contributed by atoms with E-state index in [9.17, 15) is 19.7 Å². The number of carbonyl (C=O) groups excluding carboxylic acids is 2. The van der Waals surface area contributed by atoms with Gasteiger partial charge in [0, 0.05) is 5.56 Å². The highest BCUT2D eigenvalue weighted by Crippen LogP contribution is 2.23. The number of hydrogen-bond donors (Lipinski definition) is 2. The maximum absolute atomic E-state index is 12.6. The van der Waals surface area contributed by atoms with Gasteiger partial charge in [0.2, 0.25) is 0 Å². The van der Waals surface area contributed by atoms with Crippen molar-refractivity contribution in [1.29, 1.82) is 0 Å². The smallest absolute Gasteiger partial charge is 0.366 e. The number of amides is 2. The third-order valence-corrected chi connectivity index (χ3v) is 4.41. The van der Waals surface area contributed by atoms with Crippen LogP contribution in [-0.2, 0) is 6.54 Å². The summed E-state index contributed by atoms with van der Waals surface area (Å²) in [6, 6.07) is 13.2. The number of nitrogens with zero attached hydrogens (tertiary/aromatic N) is 3. The van der Waals surface area contributed by atoms with Gasteiger partial charge in [0.1, 0.15) is 4.47 Å². The molecule has 1 aromatic heterocycles. The van der Waals surface area contributed by atoms with Crippen LogP contribution >= 0.6 is 15.9 Å². The van der Waals surface area contributed by atoms with Crippen LogP contribution in [-0.4, -0.2) is 26.5 Å². The Kier molecular flexibility index (Phi) is 5.50. The van der Waals surface area contributed by atoms with Crippen molar-refractivity contribution in [3.8, 4) is 0 Å². The molecule has 1 heterocycles. The molecule has 28 heavy (non-hydrogen) atoms. The van der Waals surface area contributed by atoms with E-state index in [2.05, 4.69) is 26.3 Å². The Morgan fingerprint density at radius 1 is 1.21 bits per heavy atom. The predicted octanol–water partition coefficient (Wildman–Crippen LogP) is 2.95. The minimum atomic E-state index is -0.643. The number of nitrogens with one attached hydrogen (secondary N) is 1. The van der Waals surface area contributed by atoms with Gasteiger partial charge in [-0.25, -0.2) is 0 Å². The van der Waals surface area contributed by atoms with Gasteiger partial charge in [-0.2, -0.15) is 4.68 Å². The topological polar surface area (TPSA) is 133 Å². The third kappa shape index (κ3) is 4.23. The highest BCUT2D eigenvalue weighted by Gasteiger charge is 2.19. The lowest BCUT2D eigenvalue weighted by molar-refractivity contribution is -0.390. The van der Waals surface area contributed by atoms with Gasteiger partial charge in [-0.15, -0.1) is 0 Å². The number of halogens is 1.